The Balaban J connectivity index is 1.64. The molecule has 0 spiro atoms. The molecule has 0 aromatic heterocycles. The average Bonchev–Trinajstić information content (AvgIpc) is 3.14. The Labute approximate surface area is 162 Å². The van der Waals surface area contributed by atoms with E-state index in [4.69, 9.17) is 0 Å². The molecular weight excluding hydrogens is 330 g/mol. The van der Waals surface area contributed by atoms with Gasteiger partial charge in [0.15, 0.2) is 0 Å². The highest BCUT2D eigenvalue weighted by Crippen LogP contribution is 2.31. The van der Waals surface area contributed by atoms with Crippen molar-refractivity contribution in [1.82, 2.24) is 0 Å². The van der Waals surface area contributed by atoms with E-state index in [0.717, 1.165) is 13.3 Å². The molecule has 3 aromatic rings. The second kappa shape index (κ2) is 6.99. The Morgan fingerprint density at radius 2 is 1.00 bits per heavy atom. The maximum Gasteiger partial charge on any atom is 0.112 e. The molecule has 1 fully saturated rings. The van der Waals surface area contributed by atoms with Gasteiger partial charge in [-0.3, -0.25) is 10.0 Å². The molecule has 0 bridgehead atoms. The van der Waals surface area contributed by atoms with Crippen LogP contribution in [0.3, 0.4) is 0 Å². The highest BCUT2D eigenvalue weighted by molar-refractivity contribution is 5.64. The lowest BCUT2D eigenvalue weighted by Gasteiger charge is -2.29. The molecule has 0 atom stereocenters. The van der Waals surface area contributed by atoms with Crippen molar-refractivity contribution >= 4 is 17.1 Å². The zero-order valence-electron chi connectivity index (χ0n) is 16.3. The predicted octanol–water partition coefficient (Wildman–Crippen LogP) is 5.65. The number of hydrazine groups is 1. The van der Waals surface area contributed by atoms with Crippen LogP contribution in [0.4, 0.5) is 17.1 Å². The largest absolute Gasteiger partial charge is 0.332 e. The third kappa shape index (κ3) is 3.63. The summed E-state index contributed by atoms with van der Waals surface area (Å²) >= 11 is 0. The minimum absolute atomic E-state index is 0.176. The van der Waals surface area contributed by atoms with Crippen molar-refractivity contribution in [3.05, 3.63) is 90.5 Å². The van der Waals surface area contributed by atoms with Crippen molar-refractivity contribution in [2.24, 2.45) is 0 Å². The first kappa shape index (κ1) is 17.5. The van der Waals surface area contributed by atoms with Crippen LogP contribution in [0.2, 0.25) is 0 Å². The number of hydrogen-bond acceptors (Lipinski definition) is 3. The molecule has 3 aromatic carbocycles. The van der Waals surface area contributed by atoms with Gasteiger partial charge in [0.1, 0.15) is 13.3 Å². The van der Waals surface area contributed by atoms with E-state index in [1.54, 1.807) is 0 Å². The van der Waals surface area contributed by atoms with Crippen molar-refractivity contribution in [3.63, 3.8) is 0 Å². The van der Waals surface area contributed by atoms with Gasteiger partial charge in [-0.2, -0.15) is 0 Å². The monoisotopic (exact) mass is 357 g/mol. The van der Waals surface area contributed by atoms with Crippen LogP contribution in [0.15, 0.2) is 84.9 Å². The van der Waals surface area contributed by atoms with Crippen molar-refractivity contribution in [2.45, 2.75) is 26.2 Å². The van der Waals surface area contributed by atoms with Crippen LogP contribution in [0.25, 0.3) is 0 Å². The summed E-state index contributed by atoms with van der Waals surface area (Å²) < 4.78 is 0. The topological polar surface area (TPSA) is 9.72 Å². The van der Waals surface area contributed by atoms with Gasteiger partial charge >= 0.3 is 0 Å². The van der Waals surface area contributed by atoms with E-state index in [-0.39, 0.29) is 5.41 Å². The lowest BCUT2D eigenvalue weighted by molar-refractivity contribution is 0.590. The summed E-state index contributed by atoms with van der Waals surface area (Å²) in [5.41, 5.74) is 5.20. The molecule has 1 aliphatic heterocycles. The first-order valence-corrected chi connectivity index (χ1v) is 9.53. The smallest absolute Gasteiger partial charge is 0.112 e. The van der Waals surface area contributed by atoms with E-state index in [9.17, 15) is 0 Å². The van der Waals surface area contributed by atoms with Gasteiger partial charge < -0.3 is 4.90 Å². The fraction of sp³-hybridized carbons (Fsp3) is 0.250. The minimum atomic E-state index is 0.176. The first-order chi connectivity index (χ1) is 13.0. The quantitative estimate of drug-likeness (QED) is 0.600. The second-order valence-corrected chi connectivity index (χ2v) is 8.09. The number of benzene rings is 3. The van der Waals surface area contributed by atoms with E-state index < -0.39 is 0 Å². The first-order valence-electron chi connectivity index (χ1n) is 9.53. The van der Waals surface area contributed by atoms with Crippen LogP contribution in [0.1, 0.15) is 26.3 Å². The highest BCUT2D eigenvalue weighted by Gasteiger charge is 2.29. The van der Waals surface area contributed by atoms with Crippen molar-refractivity contribution in [1.29, 1.82) is 0 Å². The van der Waals surface area contributed by atoms with E-state index in [1.165, 1.54) is 22.6 Å². The van der Waals surface area contributed by atoms with Crippen LogP contribution in [0, 0.1) is 0 Å². The van der Waals surface area contributed by atoms with Crippen LogP contribution in [0.5, 0.6) is 0 Å². The lowest BCUT2D eigenvalue weighted by atomic mass is 9.87. The SMILES string of the molecule is CC(C)(C)c1ccc(N2CN(c3ccccc3)N(c3ccccc3)C2)cc1. The molecule has 0 aliphatic carbocycles. The summed E-state index contributed by atoms with van der Waals surface area (Å²) in [6.07, 6.45) is 0. The van der Waals surface area contributed by atoms with Gasteiger partial charge in [0, 0.05) is 5.69 Å². The summed E-state index contributed by atoms with van der Waals surface area (Å²) in [5.74, 6) is 0. The Morgan fingerprint density at radius 3 is 1.41 bits per heavy atom. The maximum atomic E-state index is 2.41. The summed E-state index contributed by atoms with van der Waals surface area (Å²) in [5, 5.41) is 4.68. The van der Waals surface area contributed by atoms with Crippen LogP contribution in [-0.4, -0.2) is 13.3 Å². The van der Waals surface area contributed by atoms with Crippen molar-refractivity contribution < 1.29 is 0 Å². The normalized spacial score (nSPS) is 14.7. The zero-order valence-corrected chi connectivity index (χ0v) is 16.3. The molecule has 1 saturated heterocycles. The van der Waals surface area contributed by atoms with Gasteiger partial charge in [-0.05, 0) is 47.4 Å². The molecule has 1 aliphatic rings. The van der Waals surface area contributed by atoms with Gasteiger partial charge in [-0.1, -0.05) is 69.3 Å². The Hall–Kier alpha value is -2.94. The minimum Gasteiger partial charge on any atom is -0.332 e. The fourth-order valence-electron chi connectivity index (χ4n) is 3.50. The molecule has 0 saturated carbocycles. The lowest BCUT2D eigenvalue weighted by Crippen LogP contribution is -2.36. The van der Waals surface area contributed by atoms with Crippen molar-refractivity contribution in [2.75, 3.05) is 28.3 Å². The van der Waals surface area contributed by atoms with Gasteiger partial charge in [-0.15, -0.1) is 0 Å². The van der Waals surface area contributed by atoms with Crippen molar-refractivity contribution in [3.8, 4) is 0 Å². The third-order valence-corrected chi connectivity index (χ3v) is 5.11. The maximum absolute atomic E-state index is 2.41. The Morgan fingerprint density at radius 1 is 0.556 bits per heavy atom. The van der Waals surface area contributed by atoms with Gasteiger partial charge in [0.25, 0.3) is 0 Å². The summed E-state index contributed by atoms with van der Waals surface area (Å²) in [7, 11) is 0. The highest BCUT2D eigenvalue weighted by atomic mass is 15.7. The Bertz CT molecular complexity index is 820. The molecular formula is C24H27N3. The van der Waals surface area contributed by atoms with E-state index >= 15 is 0 Å². The number of nitrogens with zero attached hydrogens (tertiary/aromatic N) is 3. The number of para-hydroxylation sites is 2. The summed E-state index contributed by atoms with van der Waals surface area (Å²) in [6.45, 7) is 8.42. The number of rotatable bonds is 3. The van der Waals surface area contributed by atoms with Gasteiger partial charge in [0.2, 0.25) is 0 Å². The van der Waals surface area contributed by atoms with Gasteiger partial charge in [0.05, 0.1) is 11.4 Å². The van der Waals surface area contributed by atoms with Crippen LogP contribution < -0.4 is 14.9 Å². The fourth-order valence-corrected chi connectivity index (χ4v) is 3.50. The van der Waals surface area contributed by atoms with E-state index in [0.29, 0.717) is 0 Å². The molecule has 3 heteroatoms. The molecule has 1 heterocycles. The van der Waals surface area contributed by atoms with Gasteiger partial charge in [-0.25, -0.2) is 0 Å². The average molecular weight is 358 g/mol. The Kier molecular flexibility index (Phi) is 4.53. The van der Waals surface area contributed by atoms with E-state index in [1.807, 2.05) is 0 Å². The van der Waals surface area contributed by atoms with Crippen LogP contribution >= 0.6 is 0 Å². The molecule has 0 unspecified atom stereocenters. The molecule has 138 valence electrons. The predicted molar refractivity (Wildman–Crippen MR) is 115 cm³/mol. The standard InChI is InChI=1S/C24H27N3/c1-24(2,3)20-14-16-21(17-15-20)25-18-26(22-10-6-4-7-11-22)27(19-25)23-12-8-5-9-13-23/h4-17H,18-19H2,1-3H3. The summed E-state index contributed by atoms with van der Waals surface area (Å²) in [6, 6.07) is 30.2. The molecule has 27 heavy (non-hydrogen) atoms. The molecule has 0 radical (unpaired) electrons. The zero-order chi connectivity index (χ0) is 18.9. The second-order valence-electron chi connectivity index (χ2n) is 8.09. The molecule has 0 amide bonds. The summed E-state index contributed by atoms with van der Waals surface area (Å²) in [4.78, 5) is 2.41. The molecule has 0 N–H and O–H groups in total. The van der Waals surface area contributed by atoms with E-state index in [2.05, 4.69) is 121 Å². The number of anilines is 3. The number of hydrogen-bond donors (Lipinski definition) is 0. The van der Waals surface area contributed by atoms with Crippen LogP contribution in [-0.2, 0) is 5.41 Å². The molecule has 3 nitrogen and oxygen atoms in total. The molecule has 4 rings (SSSR count). The third-order valence-electron chi connectivity index (χ3n) is 5.11.